The van der Waals surface area contributed by atoms with Crippen LogP contribution in [0.5, 0.6) is 5.75 Å². The Morgan fingerprint density at radius 3 is 2.28 bits per heavy atom. The maximum atomic E-state index is 12.5. The van der Waals surface area contributed by atoms with Crippen LogP contribution in [0.2, 0.25) is 0 Å². The minimum Gasteiger partial charge on any atom is -0.492 e. The van der Waals surface area contributed by atoms with Gasteiger partial charge in [-0.15, -0.1) is 11.8 Å². The highest BCUT2D eigenvalue weighted by molar-refractivity contribution is 8.01. The number of carbonyl (C=O) groups excluding carboxylic acids is 2. The highest BCUT2D eigenvalue weighted by atomic mass is 32.2. The van der Waals surface area contributed by atoms with Gasteiger partial charge in [0.1, 0.15) is 12.4 Å². The zero-order chi connectivity index (χ0) is 21.4. The second-order valence-corrected chi connectivity index (χ2v) is 8.63. The molecule has 1 unspecified atom stereocenters. The Bertz CT molecular complexity index is 816. The number of hydrogen-bond acceptors (Lipinski definition) is 4. The monoisotopic (exact) mass is 414 g/mol. The molecule has 0 fully saturated rings. The third-order valence-electron chi connectivity index (χ3n) is 4.41. The first-order chi connectivity index (χ1) is 13.7. The summed E-state index contributed by atoms with van der Waals surface area (Å²) < 4.78 is 5.78. The Morgan fingerprint density at radius 2 is 1.66 bits per heavy atom. The molecule has 2 amide bonds. The first-order valence-electron chi connectivity index (χ1n) is 9.69. The molecular formula is C23H30N2O3S. The van der Waals surface area contributed by atoms with Crippen molar-refractivity contribution in [1.82, 2.24) is 4.90 Å². The highest BCUT2D eigenvalue weighted by Gasteiger charge is 2.19. The van der Waals surface area contributed by atoms with Crippen LogP contribution >= 0.6 is 11.8 Å². The van der Waals surface area contributed by atoms with Crippen LogP contribution in [0.15, 0.2) is 42.5 Å². The van der Waals surface area contributed by atoms with Gasteiger partial charge in [-0.3, -0.25) is 9.59 Å². The van der Waals surface area contributed by atoms with E-state index in [9.17, 15) is 9.59 Å². The van der Waals surface area contributed by atoms with Gasteiger partial charge in [0.25, 0.3) is 0 Å². The van der Waals surface area contributed by atoms with E-state index in [1.807, 2.05) is 64.1 Å². The molecule has 0 saturated carbocycles. The van der Waals surface area contributed by atoms with Gasteiger partial charge in [0, 0.05) is 12.7 Å². The largest absolute Gasteiger partial charge is 0.492 e. The van der Waals surface area contributed by atoms with Crippen molar-refractivity contribution in [3.05, 3.63) is 59.2 Å². The zero-order valence-electron chi connectivity index (χ0n) is 17.8. The van der Waals surface area contributed by atoms with Crippen LogP contribution in [0.1, 0.15) is 23.6 Å². The van der Waals surface area contributed by atoms with E-state index in [1.165, 1.54) is 11.8 Å². The van der Waals surface area contributed by atoms with Crippen LogP contribution < -0.4 is 10.1 Å². The zero-order valence-corrected chi connectivity index (χ0v) is 18.6. The molecule has 1 atom stereocenters. The van der Waals surface area contributed by atoms with Crippen LogP contribution in [0.3, 0.4) is 0 Å². The fourth-order valence-electron chi connectivity index (χ4n) is 2.84. The summed E-state index contributed by atoms with van der Waals surface area (Å²) in [6, 6.07) is 13.7. The van der Waals surface area contributed by atoms with E-state index in [4.69, 9.17) is 4.74 Å². The van der Waals surface area contributed by atoms with Crippen LogP contribution in [0.25, 0.3) is 0 Å². The average Bonchev–Trinajstić information content (AvgIpc) is 2.66. The molecule has 29 heavy (non-hydrogen) atoms. The van der Waals surface area contributed by atoms with Crippen molar-refractivity contribution in [2.24, 2.45) is 0 Å². The Morgan fingerprint density at radius 1 is 1.03 bits per heavy atom. The predicted octanol–water partition coefficient (Wildman–Crippen LogP) is 4.21. The number of nitrogens with zero attached hydrogens (tertiary/aromatic N) is 1. The number of nitrogens with one attached hydrogen (secondary N) is 1. The Kier molecular flexibility index (Phi) is 8.58. The number of aryl methyl sites for hydroxylation is 3. The van der Waals surface area contributed by atoms with Crippen LogP contribution in [-0.2, 0) is 9.59 Å². The summed E-state index contributed by atoms with van der Waals surface area (Å²) >= 11 is 1.33. The first-order valence-corrected chi connectivity index (χ1v) is 10.7. The molecule has 0 heterocycles. The van der Waals surface area contributed by atoms with Gasteiger partial charge in [-0.05, 0) is 63.1 Å². The van der Waals surface area contributed by atoms with Crippen molar-refractivity contribution in [2.45, 2.75) is 32.9 Å². The maximum absolute atomic E-state index is 12.5. The molecule has 0 spiro atoms. The Hall–Kier alpha value is -2.47. The number of ether oxygens (including phenoxy) is 1. The van der Waals surface area contributed by atoms with Gasteiger partial charge >= 0.3 is 0 Å². The standard InChI is InChI=1S/C23H30N2O3S/c1-16-6-8-20(9-7-16)24-22(26)15-29-19(4)23(27)25(5)10-11-28-21-13-17(2)12-18(3)14-21/h6-9,12-14,19H,10-11,15H2,1-5H3,(H,24,26). The van der Waals surface area contributed by atoms with Crippen LogP contribution in [0, 0.1) is 20.8 Å². The molecule has 0 aliphatic carbocycles. The van der Waals surface area contributed by atoms with E-state index in [0.29, 0.717) is 13.2 Å². The molecule has 2 aromatic carbocycles. The number of benzene rings is 2. The molecule has 0 bridgehead atoms. The van der Waals surface area contributed by atoms with E-state index in [0.717, 1.165) is 28.1 Å². The third-order valence-corrected chi connectivity index (χ3v) is 5.54. The summed E-state index contributed by atoms with van der Waals surface area (Å²) in [7, 11) is 1.76. The predicted molar refractivity (Wildman–Crippen MR) is 121 cm³/mol. The first kappa shape index (κ1) is 22.8. The molecule has 0 saturated heterocycles. The normalized spacial score (nSPS) is 11.6. The van der Waals surface area contributed by atoms with Gasteiger partial charge in [-0.1, -0.05) is 23.8 Å². The summed E-state index contributed by atoms with van der Waals surface area (Å²) in [5.74, 6) is 0.924. The van der Waals surface area contributed by atoms with Gasteiger partial charge in [0.15, 0.2) is 0 Å². The minimum absolute atomic E-state index is 0.0119. The molecule has 5 nitrogen and oxygen atoms in total. The van der Waals surface area contributed by atoms with Crippen molar-refractivity contribution < 1.29 is 14.3 Å². The lowest BCUT2D eigenvalue weighted by Crippen LogP contribution is -2.36. The molecule has 2 aromatic rings. The average molecular weight is 415 g/mol. The fraction of sp³-hybridized carbons (Fsp3) is 0.391. The van der Waals surface area contributed by atoms with Gasteiger partial charge in [-0.2, -0.15) is 0 Å². The molecule has 0 aliphatic rings. The van der Waals surface area contributed by atoms with E-state index >= 15 is 0 Å². The lowest BCUT2D eigenvalue weighted by Gasteiger charge is -2.21. The quantitative estimate of drug-likeness (QED) is 0.668. The topological polar surface area (TPSA) is 58.6 Å². The summed E-state index contributed by atoms with van der Waals surface area (Å²) in [5, 5.41) is 2.55. The second kappa shape index (κ2) is 10.9. The molecule has 1 N–H and O–H groups in total. The molecule has 2 rings (SSSR count). The number of likely N-dealkylation sites (N-methyl/N-ethyl adjacent to an activating group) is 1. The maximum Gasteiger partial charge on any atom is 0.235 e. The second-order valence-electron chi connectivity index (χ2n) is 7.30. The smallest absolute Gasteiger partial charge is 0.235 e. The molecule has 0 radical (unpaired) electrons. The Balaban J connectivity index is 1.72. The van der Waals surface area contributed by atoms with E-state index in [-0.39, 0.29) is 22.8 Å². The summed E-state index contributed by atoms with van der Waals surface area (Å²) in [4.78, 5) is 26.3. The van der Waals surface area contributed by atoms with Gasteiger partial charge in [0.2, 0.25) is 11.8 Å². The van der Waals surface area contributed by atoms with Crippen LogP contribution in [-0.4, -0.2) is 47.9 Å². The lowest BCUT2D eigenvalue weighted by atomic mass is 10.1. The van der Waals surface area contributed by atoms with Crippen molar-refractivity contribution in [2.75, 3.05) is 31.3 Å². The number of carbonyl (C=O) groups is 2. The summed E-state index contributed by atoms with van der Waals surface area (Å²) in [6.45, 7) is 8.81. The van der Waals surface area contributed by atoms with Gasteiger partial charge in [-0.25, -0.2) is 0 Å². The van der Waals surface area contributed by atoms with Crippen molar-refractivity contribution >= 4 is 29.3 Å². The van der Waals surface area contributed by atoms with Gasteiger partial charge in [0.05, 0.1) is 17.5 Å². The van der Waals surface area contributed by atoms with Crippen molar-refractivity contribution in [3.63, 3.8) is 0 Å². The van der Waals surface area contributed by atoms with Crippen LogP contribution in [0.4, 0.5) is 5.69 Å². The third kappa shape index (κ3) is 7.81. The summed E-state index contributed by atoms with van der Waals surface area (Å²) in [5.41, 5.74) is 4.21. The van der Waals surface area contributed by atoms with Gasteiger partial charge < -0.3 is 15.0 Å². The molecular weight excluding hydrogens is 384 g/mol. The molecule has 6 heteroatoms. The minimum atomic E-state index is -0.301. The van der Waals surface area contributed by atoms with E-state index in [1.54, 1.807) is 11.9 Å². The SMILES string of the molecule is Cc1ccc(NC(=O)CSC(C)C(=O)N(C)CCOc2cc(C)cc(C)c2)cc1. The molecule has 0 aromatic heterocycles. The number of hydrogen-bond donors (Lipinski definition) is 1. The number of rotatable bonds is 9. The van der Waals surface area contributed by atoms with Crippen molar-refractivity contribution in [3.8, 4) is 5.75 Å². The fourth-order valence-corrected chi connectivity index (χ4v) is 3.64. The van der Waals surface area contributed by atoms with Crippen molar-refractivity contribution in [1.29, 1.82) is 0 Å². The number of anilines is 1. The van der Waals surface area contributed by atoms with E-state index < -0.39 is 0 Å². The van der Waals surface area contributed by atoms with E-state index in [2.05, 4.69) is 11.4 Å². The number of thioether (sulfide) groups is 1. The lowest BCUT2D eigenvalue weighted by molar-refractivity contribution is -0.129. The Labute approximate surface area is 177 Å². The number of amides is 2. The summed E-state index contributed by atoms with van der Waals surface area (Å²) in [6.07, 6.45) is 0. The molecule has 156 valence electrons. The molecule has 0 aliphatic heterocycles. The highest BCUT2D eigenvalue weighted by Crippen LogP contribution is 2.17.